The predicted octanol–water partition coefficient (Wildman–Crippen LogP) is 3.23. The molecular weight excluding hydrogens is 148 g/mol. The molecule has 56 valence electrons. The lowest BCUT2D eigenvalue weighted by molar-refractivity contribution is 0.539. The van der Waals surface area contributed by atoms with Crippen LogP contribution in [0.1, 0.15) is 26.3 Å². The Bertz CT molecular complexity index is 219. The molecule has 10 heavy (non-hydrogen) atoms. The Morgan fingerprint density at radius 2 is 2.00 bits per heavy atom. The van der Waals surface area contributed by atoms with Crippen LogP contribution in [-0.4, -0.2) is 0 Å². The van der Waals surface area contributed by atoms with E-state index in [1.54, 1.807) is 6.26 Å². The van der Waals surface area contributed by atoms with Gasteiger partial charge in [0.2, 0.25) is 0 Å². The van der Waals surface area contributed by atoms with E-state index in [0.717, 1.165) is 5.56 Å². The van der Waals surface area contributed by atoms with Gasteiger partial charge in [-0.1, -0.05) is 20.8 Å². The molecule has 0 N–H and O–H groups in total. The van der Waals surface area contributed by atoms with Gasteiger partial charge < -0.3 is 4.42 Å². The second kappa shape index (κ2) is 2.31. The zero-order chi connectivity index (χ0) is 7.78. The molecule has 0 bridgehead atoms. The highest BCUT2D eigenvalue weighted by Crippen LogP contribution is 2.29. The summed E-state index contributed by atoms with van der Waals surface area (Å²) in [5, 5.41) is 0.507. The molecule has 0 saturated carbocycles. The van der Waals surface area contributed by atoms with Crippen LogP contribution in [0.15, 0.2) is 16.7 Å². The monoisotopic (exact) mass is 158 g/mol. The van der Waals surface area contributed by atoms with Gasteiger partial charge in [0, 0.05) is 5.56 Å². The maximum absolute atomic E-state index is 5.76. The maximum Gasteiger partial charge on any atom is 0.196 e. The Labute approximate surface area is 66.0 Å². The molecule has 0 spiro atoms. The minimum Gasteiger partial charge on any atom is -0.453 e. The molecule has 1 aromatic heterocycles. The van der Waals surface area contributed by atoms with Crippen molar-refractivity contribution in [3.63, 3.8) is 0 Å². The quantitative estimate of drug-likeness (QED) is 0.565. The summed E-state index contributed by atoms with van der Waals surface area (Å²) in [5.41, 5.74) is 1.15. The molecule has 1 rings (SSSR count). The smallest absolute Gasteiger partial charge is 0.196 e. The van der Waals surface area contributed by atoms with Crippen LogP contribution in [0.2, 0.25) is 5.22 Å². The molecule has 0 amide bonds. The molecule has 0 fully saturated rings. The third kappa shape index (κ3) is 1.35. The second-order valence-corrected chi connectivity index (χ2v) is 3.70. The molecule has 0 atom stereocenters. The second-order valence-electron chi connectivity index (χ2n) is 3.36. The van der Waals surface area contributed by atoms with Gasteiger partial charge >= 0.3 is 0 Å². The number of rotatable bonds is 0. The fraction of sp³-hybridized carbons (Fsp3) is 0.500. The van der Waals surface area contributed by atoms with Gasteiger partial charge in [0.05, 0.1) is 6.26 Å². The third-order valence-corrected chi connectivity index (χ3v) is 1.72. The molecule has 1 heterocycles. The normalized spacial score (nSPS) is 12.0. The van der Waals surface area contributed by atoms with Gasteiger partial charge in [-0.3, -0.25) is 0 Å². The van der Waals surface area contributed by atoms with E-state index in [9.17, 15) is 0 Å². The summed E-state index contributed by atoms with van der Waals surface area (Å²) >= 11 is 5.76. The van der Waals surface area contributed by atoms with Crippen molar-refractivity contribution >= 4 is 11.6 Å². The van der Waals surface area contributed by atoms with E-state index in [0.29, 0.717) is 5.22 Å². The fourth-order valence-corrected chi connectivity index (χ4v) is 1.23. The predicted molar refractivity (Wildman–Crippen MR) is 42.4 cm³/mol. The molecule has 1 nitrogen and oxygen atoms in total. The SMILES string of the molecule is CC(C)(C)c1ccoc1Cl. The number of hydrogen-bond donors (Lipinski definition) is 0. The van der Waals surface area contributed by atoms with Crippen molar-refractivity contribution in [2.75, 3.05) is 0 Å². The van der Waals surface area contributed by atoms with Gasteiger partial charge in [-0.05, 0) is 23.1 Å². The van der Waals surface area contributed by atoms with E-state index in [4.69, 9.17) is 16.0 Å². The minimum atomic E-state index is 0.0874. The van der Waals surface area contributed by atoms with E-state index in [1.807, 2.05) is 6.07 Å². The van der Waals surface area contributed by atoms with Crippen LogP contribution in [0.3, 0.4) is 0 Å². The van der Waals surface area contributed by atoms with E-state index >= 15 is 0 Å². The van der Waals surface area contributed by atoms with Gasteiger partial charge in [0.1, 0.15) is 0 Å². The van der Waals surface area contributed by atoms with Gasteiger partial charge in [0.15, 0.2) is 5.22 Å². The van der Waals surface area contributed by atoms with Crippen molar-refractivity contribution in [3.8, 4) is 0 Å². The van der Waals surface area contributed by atoms with Crippen molar-refractivity contribution in [1.82, 2.24) is 0 Å². The zero-order valence-corrected chi connectivity index (χ0v) is 7.20. The Balaban J connectivity index is 3.05. The lowest BCUT2D eigenvalue weighted by atomic mass is 9.89. The zero-order valence-electron chi connectivity index (χ0n) is 6.44. The first kappa shape index (κ1) is 7.67. The largest absolute Gasteiger partial charge is 0.453 e. The average Bonchev–Trinajstić information content (AvgIpc) is 2.11. The Morgan fingerprint density at radius 1 is 1.40 bits per heavy atom. The van der Waals surface area contributed by atoms with E-state index in [1.165, 1.54) is 0 Å². The first-order valence-corrected chi connectivity index (χ1v) is 3.63. The van der Waals surface area contributed by atoms with E-state index in [2.05, 4.69) is 20.8 Å². The van der Waals surface area contributed by atoms with Crippen molar-refractivity contribution < 1.29 is 4.42 Å². The van der Waals surface area contributed by atoms with Crippen molar-refractivity contribution in [3.05, 3.63) is 23.1 Å². The highest BCUT2D eigenvalue weighted by atomic mass is 35.5. The van der Waals surface area contributed by atoms with Gasteiger partial charge in [0.25, 0.3) is 0 Å². The van der Waals surface area contributed by atoms with Crippen LogP contribution in [0.25, 0.3) is 0 Å². The summed E-state index contributed by atoms with van der Waals surface area (Å²) in [7, 11) is 0. The highest BCUT2D eigenvalue weighted by molar-refractivity contribution is 6.29. The van der Waals surface area contributed by atoms with Gasteiger partial charge in [-0.25, -0.2) is 0 Å². The van der Waals surface area contributed by atoms with Gasteiger partial charge in [-0.15, -0.1) is 0 Å². The Morgan fingerprint density at radius 3 is 2.20 bits per heavy atom. The summed E-state index contributed by atoms with van der Waals surface area (Å²) in [5.74, 6) is 0. The molecule has 0 aliphatic heterocycles. The molecule has 0 unspecified atom stereocenters. The molecule has 2 heteroatoms. The molecule has 0 saturated heterocycles. The van der Waals surface area contributed by atoms with Crippen LogP contribution >= 0.6 is 11.6 Å². The molecule has 0 aliphatic carbocycles. The Kier molecular flexibility index (Phi) is 1.78. The Hall–Kier alpha value is -0.430. The van der Waals surface area contributed by atoms with Crippen LogP contribution < -0.4 is 0 Å². The standard InChI is InChI=1S/C8H11ClO/c1-8(2,3)6-4-5-10-7(6)9/h4-5H,1-3H3. The van der Waals surface area contributed by atoms with Crippen LogP contribution in [0, 0.1) is 0 Å². The van der Waals surface area contributed by atoms with Crippen LogP contribution in [-0.2, 0) is 5.41 Å². The topological polar surface area (TPSA) is 13.1 Å². The van der Waals surface area contributed by atoms with Crippen LogP contribution in [0.4, 0.5) is 0 Å². The lowest BCUT2D eigenvalue weighted by Gasteiger charge is -2.15. The summed E-state index contributed by atoms with van der Waals surface area (Å²) in [6.07, 6.45) is 1.61. The summed E-state index contributed by atoms with van der Waals surface area (Å²) < 4.78 is 4.96. The van der Waals surface area contributed by atoms with Crippen molar-refractivity contribution in [2.24, 2.45) is 0 Å². The molecular formula is C8H11ClO. The summed E-state index contributed by atoms with van der Waals surface area (Å²) in [4.78, 5) is 0. The van der Waals surface area contributed by atoms with Crippen LogP contribution in [0.5, 0.6) is 0 Å². The number of hydrogen-bond acceptors (Lipinski definition) is 1. The number of halogens is 1. The van der Waals surface area contributed by atoms with Crippen molar-refractivity contribution in [2.45, 2.75) is 26.2 Å². The molecule has 0 aliphatic rings. The van der Waals surface area contributed by atoms with Crippen molar-refractivity contribution in [1.29, 1.82) is 0 Å². The maximum atomic E-state index is 5.76. The summed E-state index contributed by atoms with van der Waals surface area (Å²) in [6.45, 7) is 6.30. The summed E-state index contributed by atoms with van der Waals surface area (Å²) in [6, 6.07) is 1.91. The minimum absolute atomic E-state index is 0.0874. The third-order valence-electron chi connectivity index (χ3n) is 1.43. The average molecular weight is 159 g/mol. The first-order valence-electron chi connectivity index (χ1n) is 3.25. The lowest BCUT2D eigenvalue weighted by Crippen LogP contribution is -2.09. The first-order chi connectivity index (χ1) is 4.52. The molecule has 0 aromatic carbocycles. The molecule has 1 aromatic rings. The van der Waals surface area contributed by atoms with E-state index < -0.39 is 0 Å². The van der Waals surface area contributed by atoms with Gasteiger partial charge in [-0.2, -0.15) is 0 Å². The molecule has 0 radical (unpaired) electrons. The highest BCUT2D eigenvalue weighted by Gasteiger charge is 2.18. The number of furan rings is 1. The fourth-order valence-electron chi connectivity index (χ4n) is 0.836. The van der Waals surface area contributed by atoms with E-state index in [-0.39, 0.29) is 5.41 Å².